The number of rotatable bonds is 8. The van der Waals surface area contributed by atoms with Gasteiger partial charge in [-0.15, -0.1) is 0 Å². The average Bonchev–Trinajstić information content (AvgIpc) is 3.28. The van der Waals surface area contributed by atoms with E-state index in [-0.39, 0.29) is 5.82 Å². The first-order valence-electron chi connectivity index (χ1n) is 7.36. The maximum atomic E-state index is 13.3. The molecular formula is C16H25FN2O. The van der Waals surface area contributed by atoms with Crippen molar-refractivity contribution in [3.05, 3.63) is 35.1 Å². The molecule has 0 radical (unpaired) electrons. The minimum atomic E-state index is -0.215. The topological polar surface area (TPSA) is 38.5 Å². The fraction of sp³-hybridized carbons (Fsp3) is 0.625. The lowest BCUT2D eigenvalue weighted by molar-refractivity contribution is 0.111. The molecule has 1 fully saturated rings. The van der Waals surface area contributed by atoms with Crippen LogP contribution < -0.4 is 5.73 Å². The number of halogens is 1. The molecular weight excluding hydrogens is 255 g/mol. The molecule has 0 heterocycles. The van der Waals surface area contributed by atoms with Gasteiger partial charge in [-0.1, -0.05) is 6.07 Å². The molecule has 1 aliphatic carbocycles. The summed E-state index contributed by atoms with van der Waals surface area (Å²) in [7, 11) is 1.73. The van der Waals surface area contributed by atoms with E-state index in [0.717, 1.165) is 36.7 Å². The fourth-order valence-electron chi connectivity index (χ4n) is 2.67. The number of methoxy groups -OCH3 is 1. The lowest BCUT2D eigenvalue weighted by Gasteiger charge is -2.29. The maximum Gasteiger partial charge on any atom is 0.123 e. The van der Waals surface area contributed by atoms with Crippen molar-refractivity contribution in [3.63, 3.8) is 0 Å². The molecule has 0 aromatic heterocycles. The van der Waals surface area contributed by atoms with Crippen LogP contribution in [0, 0.1) is 11.7 Å². The third-order valence-corrected chi connectivity index (χ3v) is 4.22. The standard InChI is InChI=1S/C16H25FN2O/c1-12(13-3-4-13)19(7-8-20-2)11-14-5-6-16(17)9-15(14)10-18/h5-6,9,12-13H,3-4,7-8,10-11,18H2,1-2H3. The average molecular weight is 280 g/mol. The van der Waals surface area contributed by atoms with Gasteiger partial charge in [0.2, 0.25) is 0 Å². The zero-order valence-corrected chi connectivity index (χ0v) is 12.4. The van der Waals surface area contributed by atoms with Crippen molar-refractivity contribution in [2.45, 2.75) is 38.9 Å². The van der Waals surface area contributed by atoms with Gasteiger partial charge >= 0.3 is 0 Å². The second kappa shape index (κ2) is 7.16. The molecule has 2 N–H and O–H groups in total. The zero-order valence-electron chi connectivity index (χ0n) is 12.4. The van der Waals surface area contributed by atoms with Crippen molar-refractivity contribution >= 4 is 0 Å². The van der Waals surface area contributed by atoms with E-state index in [0.29, 0.717) is 12.6 Å². The van der Waals surface area contributed by atoms with E-state index in [2.05, 4.69) is 11.8 Å². The van der Waals surface area contributed by atoms with Gasteiger partial charge in [0.25, 0.3) is 0 Å². The molecule has 1 aliphatic rings. The predicted molar refractivity (Wildman–Crippen MR) is 78.8 cm³/mol. The summed E-state index contributed by atoms with van der Waals surface area (Å²) < 4.78 is 18.5. The highest BCUT2D eigenvalue weighted by atomic mass is 19.1. The van der Waals surface area contributed by atoms with Gasteiger partial charge in [0.15, 0.2) is 0 Å². The Bertz CT molecular complexity index is 434. The lowest BCUT2D eigenvalue weighted by Crippen LogP contribution is -2.37. The Morgan fingerprint density at radius 1 is 1.40 bits per heavy atom. The molecule has 1 saturated carbocycles. The predicted octanol–water partition coefficient (Wildman–Crippen LogP) is 2.53. The van der Waals surface area contributed by atoms with Crippen LogP contribution in [0.15, 0.2) is 18.2 Å². The van der Waals surface area contributed by atoms with E-state index in [1.165, 1.54) is 18.9 Å². The minimum Gasteiger partial charge on any atom is -0.383 e. The molecule has 0 aliphatic heterocycles. The Balaban J connectivity index is 2.09. The van der Waals surface area contributed by atoms with Crippen LogP contribution in [0.5, 0.6) is 0 Å². The third-order valence-electron chi connectivity index (χ3n) is 4.22. The highest BCUT2D eigenvalue weighted by molar-refractivity contribution is 5.27. The van der Waals surface area contributed by atoms with E-state index >= 15 is 0 Å². The SMILES string of the molecule is COCCN(Cc1ccc(F)cc1CN)C(C)C1CC1. The van der Waals surface area contributed by atoms with Crippen LogP contribution in [0.3, 0.4) is 0 Å². The Hall–Kier alpha value is -0.970. The first-order valence-corrected chi connectivity index (χ1v) is 7.36. The van der Waals surface area contributed by atoms with E-state index < -0.39 is 0 Å². The Kier molecular flexibility index (Phi) is 5.52. The summed E-state index contributed by atoms with van der Waals surface area (Å²) in [5.74, 6) is 0.585. The first-order chi connectivity index (χ1) is 9.65. The smallest absolute Gasteiger partial charge is 0.123 e. The highest BCUT2D eigenvalue weighted by Crippen LogP contribution is 2.35. The number of benzene rings is 1. The van der Waals surface area contributed by atoms with Crippen LogP contribution in [0.1, 0.15) is 30.9 Å². The van der Waals surface area contributed by atoms with Crippen molar-refractivity contribution in [2.75, 3.05) is 20.3 Å². The number of ether oxygens (including phenoxy) is 1. The van der Waals surface area contributed by atoms with Crippen LogP contribution in [-0.4, -0.2) is 31.2 Å². The quantitative estimate of drug-likeness (QED) is 0.795. The molecule has 20 heavy (non-hydrogen) atoms. The minimum absolute atomic E-state index is 0.215. The molecule has 1 unspecified atom stereocenters. The van der Waals surface area contributed by atoms with Gasteiger partial charge in [-0.25, -0.2) is 4.39 Å². The maximum absolute atomic E-state index is 13.3. The van der Waals surface area contributed by atoms with Crippen LogP contribution in [0.4, 0.5) is 4.39 Å². The van der Waals surface area contributed by atoms with Gasteiger partial charge in [0.1, 0.15) is 5.82 Å². The monoisotopic (exact) mass is 280 g/mol. The van der Waals surface area contributed by atoms with Gasteiger partial charge < -0.3 is 10.5 Å². The molecule has 0 bridgehead atoms. The van der Waals surface area contributed by atoms with Gasteiger partial charge in [-0.2, -0.15) is 0 Å². The number of nitrogens with zero attached hydrogens (tertiary/aromatic N) is 1. The summed E-state index contributed by atoms with van der Waals surface area (Å²) in [6.45, 7) is 5.08. The normalized spacial score (nSPS) is 16.6. The molecule has 1 aromatic rings. The molecule has 2 rings (SSSR count). The third kappa shape index (κ3) is 4.01. The fourth-order valence-corrected chi connectivity index (χ4v) is 2.67. The Labute approximate surface area is 120 Å². The van der Waals surface area contributed by atoms with E-state index in [1.807, 2.05) is 6.07 Å². The van der Waals surface area contributed by atoms with E-state index in [9.17, 15) is 4.39 Å². The molecule has 4 heteroatoms. The first kappa shape index (κ1) is 15.4. The molecule has 1 aromatic carbocycles. The summed E-state index contributed by atoms with van der Waals surface area (Å²) in [5.41, 5.74) is 7.75. The molecule has 3 nitrogen and oxygen atoms in total. The van der Waals surface area contributed by atoms with Gasteiger partial charge in [0, 0.05) is 32.8 Å². The van der Waals surface area contributed by atoms with Crippen molar-refractivity contribution in [2.24, 2.45) is 11.7 Å². The summed E-state index contributed by atoms with van der Waals surface area (Å²) in [4.78, 5) is 2.42. The second-order valence-corrected chi connectivity index (χ2v) is 5.66. The van der Waals surface area contributed by atoms with Gasteiger partial charge in [-0.05, 0) is 48.9 Å². The van der Waals surface area contributed by atoms with E-state index in [4.69, 9.17) is 10.5 Å². The molecule has 0 spiro atoms. The molecule has 0 saturated heterocycles. The van der Waals surface area contributed by atoms with Crippen molar-refractivity contribution in [1.82, 2.24) is 4.90 Å². The van der Waals surface area contributed by atoms with Crippen LogP contribution in [-0.2, 0) is 17.8 Å². The summed E-state index contributed by atoms with van der Waals surface area (Å²) >= 11 is 0. The molecule has 1 atom stereocenters. The number of hydrogen-bond acceptors (Lipinski definition) is 3. The van der Waals surface area contributed by atoms with Crippen LogP contribution in [0.2, 0.25) is 0 Å². The van der Waals surface area contributed by atoms with Gasteiger partial charge in [0.05, 0.1) is 6.61 Å². The van der Waals surface area contributed by atoms with Gasteiger partial charge in [-0.3, -0.25) is 4.90 Å². The van der Waals surface area contributed by atoms with Crippen molar-refractivity contribution in [3.8, 4) is 0 Å². The van der Waals surface area contributed by atoms with Crippen molar-refractivity contribution < 1.29 is 9.13 Å². The highest BCUT2D eigenvalue weighted by Gasteiger charge is 2.31. The number of hydrogen-bond donors (Lipinski definition) is 1. The molecule has 0 amide bonds. The lowest BCUT2D eigenvalue weighted by atomic mass is 10.0. The summed E-state index contributed by atoms with van der Waals surface area (Å²) in [6, 6.07) is 5.47. The Morgan fingerprint density at radius 3 is 2.75 bits per heavy atom. The largest absolute Gasteiger partial charge is 0.383 e. The molecule has 112 valence electrons. The van der Waals surface area contributed by atoms with Crippen LogP contribution >= 0.6 is 0 Å². The second-order valence-electron chi connectivity index (χ2n) is 5.66. The van der Waals surface area contributed by atoms with Crippen LogP contribution in [0.25, 0.3) is 0 Å². The Morgan fingerprint density at radius 2 is 2.15 bits per heavy atom. The summed E-state index contributed by atoms with van der Waals surface area (Å²) in [5, 5.41) is 0. The van der Waals surface area contributed by atoms with Crippen molar-refractivity contribution in [1.29, 1.82) is 0 Å². The van der Waals surface area contributed by atoms with E-state index in [1.54, 1.807) is 13.2 Å². The number of nitrogens with two attached hydrogens (primary N) is 1. The summed E-state index contributed by atoms with van der Waals surface area (Å²) in [6.07, 6.45) is 2.63. The zero-order chi connectivity index (χ0) is 14.5.